The first-order chi connectivity index (χ1) is 9.62. The van der Waals surface area contributed by atoms with Crippen molar-refractivity contribution in [3.05, 3.63) is 29.3 Å². The van der Waals surface area contributed by atoms with Gasteiger partial charge in [0.1, 0.15) is 5.75 Å². The fraction of sp³-hybridized carbons (Fsp3) is 0.562. The summed E-state index contributed by atoms with van der Waals surface area (Å²) in [5, 5.41) is 18.5. The normalized spacial score (nSPS) is 12.2. The molecular formula is C16H24O4. The molecule has 0 radical (unpaired) electrons. The average Bonchev–Trinajstić information content (AvgIpc) is 2.47. The zero-order valence-corrected chi connectivity index (χ0v) is 12.3. The Bertz CT molecular complexity index is 428. The highest BCUT2D eigenvalue weighted by Crippen LogP contribution is 2.19. The summed E-state index contributed by atoms with van der Waals surface area (Å²) >= 11 is 0. The first-order valence-electron chi connectivity index (χ1n) is 7.22. The monoisotopic (exact) mass is 280 g/mol. The van der Waals surface area contributed by atoms with Crippen LogP contribution in [0, 0.1) is 5.92 Å². The lowest BCUT2D eigenvalue weighted by Crippen LogP contribution is -2.14. The van der Waals surface area contributed by atoms with Gasteiger partial charge in [-0.2, -0.15) is 0 Å². The van der Waals surface area contributed by atoms with Crippen LogP contribution in [0.15, 0.2) is 18.2 Å². The van der Waals surface area contributed by atoms with Crippen LogP contribution < -0.4 is 0 Å². The Hall–Kier alpha value is -1.55. The fourth-order valence-electron chi connectivity index (χ4n) is 2.01. The highest BCUT2D eigenvalue weighted by Gasteiger charge is 2.13. The molecule has 0 bridgehead atoms. The Labute approximate surface area is 120 Å². The molecule has 1 unspecified atom stereocenters. The molecule has 0 aliphatic carbocycles. The molecule has 4 heteroatoms. The highest BCUT2D eigenvalue weighted by atomic mass is 16.5. The number of rotatable bonds is 8. The van der Waals surface area contributed by atoms with Crippen molar-refractivity contribution in [1.82, 2.24) is 0 Å². The van der Waals surface area contributed by atoms with Crippen LogP contribution in [0.25, 0.3) is 0 Å². The number of phenols is 1. The molecule has 4 nitrogen and oxygen atoms in total. The molecule has 1 atom stereocenters. The highest BCUT2D eigenvalue weighted by molar-refractivity contribution is 5.89. The van der Waals surface area contributed by atoms with E-state index in [0.717, 1.165) is 25.7 Å². The molecule has 0 aliphatic heterocycles. The Kier molecular flexibility index (Phi) is 7.09. The standard InChI is InChI=1S/C16H24O4/c1-3-5-6-12(4-2)11-20-16(19)13-7-8-15(18)14(9-13)10-17/h7-9,12,17-18H,3-6,10-11H2,1-2H3. The number of aliphatic hydroxyl groups is 1. The maximum Gasteiger partial charge on any atom is 0.338 e. The molecule has 0 heterocycles. The summed E-state index contributed by atoms with van der Waals surface area (Å²) in [6, 6.07) is 4.37. The van der Waals surface area contributed by atoms with E-state index in [4.69, 9.17) is 9.84 Å². The van der Waals surface area contributed by atoms with Crippen molar-refractivity contribution in [2.45, 2.75) is 46.1 Å². The minimum atomic E-state index is -0.408. The molecule has 1 aromatic rings. The quantitative estimate of drug-likeness (QED) is 0.717. The second-order valence-corrected chi connectivity index (χ2v) is 5.02. The third kappa shape index (κ3) is 4.85. The Morgan fingerprint density at radius 3 is 2.70 bits per heavy atom. The van der Waals surface area contributed by atoms with Crippen molar-refractivity contribution in [2.75, 3.05) is 6.61 Å². The number of ether oxygens (including phenoxy) is 1. The number of unbranched alkanes of at least 4 members (excludes halogenated alkanes) is 1. The van der Waals surface area contributed by atoms with Crippen LogP contribution >= 0.6 is 0 Å². The first kappa shape index (κ1) is 16.5. The van der Waals surface area contributed by atoms with Crippen molar-refractivity contribution in [3.63, 3.8) is 0 Å². The van der Waals surface area contributed by atoms with E-state index in [2.05, 4.69) is 13.8 Å². The smallest absolute Gasteiger partial charge is 0.338 e. The number of hydrogen-bond acceptors (Lipinski definition) is 4. The predicted octanol–water partition coefficient (Wildman–Crippen LogP) is 3.26. The number of benzene rings is 1. The van der Waals surface area contributed by atoms with Gasteiger partial charge in [-0.15, -0.1) is 0 Å². The summed E-state index contributed by atoms with van der Waals surface area (Å²) in [6.45, 7) is 4.36. The van der Waals surface area contributed by atoms with Gasteiger partial charge in [-0.25, -0.2) is 4.79 Å². The molecule has 0 fully saturated rings. The zero-order valence-electron chi connectivity index (χ0n) is 12.3. The van der Waals surface area contributed by atoms with Crippen LogP contribution in [0.1, 0.15) is 55.5 Å². The van der Waals surface area contributed by atoms with E-state index in [9.17, 15) is 9.90 Å². The lowest BCUT2D eigenvalue weighted by Gasteiger charge is -2.14. The van der Waals surface area contributed by atoms with Crippen LogP contribution in [0.2, 0.25) is 0 Å². The maximum absolute atomic E-state index is 11.9. The summed E-state index contributed by atoms with van der Waals surface area (Å²) in [4.78, 5) is 11.9. The molecule has 0 saturated carbocycles. The van der Waals surface area contributed by atoms with Crippen LogP contribution in [0.3, 0.4) is 0 Å². The van der Waals surface area contributed by atoms with Gasteiger partial charge in [-0.3, -0.25) is 0 Å². The molecule has 1 aromatic carbocycles. The Morgan fingerprint density at radius 1 is 1.35 bits per heavy atom. The second kappa shape index (κ2) is 8.59. The van der Waals surface area contributed by atoms with Gasteiger partial charge in [-0.05, 0) is 30.5 Å². The molecule has 0 aliphatic rings. The molecule has 0 saturated heterocycles. The third-order valence-corrected chi connectivity index (χ3v) is 3.48. The molecule has 1 rings (SSSR count). The van der Waals surface area contributed by atoms with Crippen LogP contribution in [-0.4, -0.2) is 22.8 Å². The van der Waals surface area contributed by atoms with Crippen LogP contribution in [-0.2, 0) is 11.3 Å². The molecule has 2 N–H and O–H groups in total. The summed E-state index contributed by atoms with van der Waals surface area (Å²) in [5.41, 5.74) is 0.690. The van der Waals surface area contributed by atoms with Crippen molar-refractivity contribution in [2.24, 2.45) is 5.92 Å². The van der Waals surface area contributed by atoms with Gasteiger partial charge < -0.3 is 14.9 Å². The van der Waals surface area contributed by atoms with Crippen molar-refractivity contribution in [3.8, 4) is 5.75 Å². The Morgan fingerprint density at radius 2 is 2.10 bits per heavy atom. The van der Waals surface area contributed by atoms with Gasteiger partial charge in [0.05, 0.1) is 18.8 Å². The van der Waals surface area contributed by atoms with Gasteiger partial charge in [0.15, 0.2) is 0 Å². The van der Waals surface area contributed by atoms with Crippen molar-refractivity contribution < 1.29 is 19.7 Å². The Balaban J connectivity index is 2.57. The topological polar surface area (TPSA) is 66.8 Å². The van der Waals surface area contributed by atoms with Crippen molar-refractivity contribution >= 4 is 5.97 Å². The SMILES string of the molecule is CCCCC(CC)COC(=O)c1ccc(O)c(CO)c1. The number of carbonyl (C=O) groups is 1. The fourth-order valence-corrected chi connectivity index (χ4v) is 2.01. The number of hydrogen-bond donors (Lipinski definition) is 2. The number of aromatic hydroxyl groups is 1. The summed E-state index contributed by atoms with van der Waals surface area (Å²) < 4.78 is 5.32. The molecule has 0 spiro atoms. The predicted molar refractivity (Wildman–Crippen MR) is 77.6 cm³/mol. The van der Waals surface area contributed by atoms with Crippen LogP contribution in [0.5, 0.6) is 5.75 Å². The minimum absolute atomic E-state index is 0.0153. The van der Waals surface area contributed by atoms with Gasteiger partial charge in [0.25, 0.3) is 0 Å². The van der Waals surface area contributed by atoms with E-state index in [1.54, 1.807) is 0 Å². The summed E-state index contributed by atoms with van der Waals surface area (Å²) in [7, 11) is 0. The van der Waals surface area contributed by atoms with Crippen LogP contribution in [0.4, 0.5) is 0 Å². The molecule has 112 valence electrons. The molecule has 0 amide bonds. The average molecular weight is 280 g/mol. The van der Waals surface area contributed by atoms with E-state index in [1.807, 2.05) is 0 Å². The number of esters is 1. The van der Waals surface area contributed by atoms with E-state index in [0.29, 0.717) is 23.7 Å². The zero-order chi connectivity index (χ0) is 15.0. The molecular weight excluding hydrogens is 256 g/mol. The lowest BCUT2D eigenvalue weighted by molar-refractivity contribution is 0.0428. The number of carbonyl (C=O) groups excluding carboxylic acids is 1. The summed E-state index contributed by atoms with van der Waals surface area (Å²) in [6.07, 6.45) is 4.34. The van der Waals surface area contributed by atoms with Crippen molar-refractivity contribution in [1.29, 1.82) is 0 Å². The van der Waals surface area contributed by atoms with E-state index < -0.39 is 5.97 Å². The largest absolute Gasteiger partial charge is 0.508 e. The first-order valence-corrected chi connectivity index (χ1v) is 7.22. The van der Waals surface area contributed by atoms with Gasteiger partial charge >= 0.3 is 5.97 Å². The third-order valence-electron chi connectivity index (χ3n) is 3.48. The van der Waals surface area contributed by atoms with Gasteiger partial charge in [0, 0.05) is 5.56 Å². The second-order valence-electron chi connectivity index (χ2n) is 5.02. The minimum Gasteiger partial charge on any atom is -0.508 e. The van der Waals surface area contributed by atoms with Gasteiger partial charge in [-0.1, -0.05) is 33.1 Å². The number of aliphatic hydroxyl groups excluding tert-OH is 1. The lowest BCUT2D eigenvalue weighted by atomic mass is 10.0. The summed E-state index contributed by atoms with van der Waals surface area (Å²) in [5.74, 6) is -0.0265. The molecule has 20 heavy (non-hydrogen) atoms. The molecule has 0 aromatic heterocycles. The van der Waals surface area contributed by atoms with E-state index >= 15 is 0 Å². The maximum atomic E-state index is 11.9. The van der Waals surface area contributed by atoms with E-state index in [-0.39, 0.29) is 12.4 Å². The van der Waals surface area contributed by atoms with E-state index in [1.165, 1.54) is 18.2 Å². The van der Waals surface area contributed by atoms with Gasteiger partial charge in [0.2, 0.25) is 0 Å².